The van der Waals surface area contributed by atoms with Gasteiger partial charge in [-0.1, -0.05) is 17.7 Å². The Morgan fingerprint density at radius 3 is 2.89 bits per heavy atom. The molecule has 0 bridgehead atoms. The SMILES string of the molecule is Cc1ccc(ON2CCC3(C2)CC2(C3)OB(O)c3cnc4[nH]ccc4c32)cc1. The highest BCUT2D eigenvalue weighted by Gasteiger charge is 2.63. The van der Waals surface area contributed by atoms with Crippen LogP contribution in [0.3, 0.4) is 0 Å². The molecule has 142 valence electrons. The van der Waals surface area contributed by atoms with Crippen LogP contribution in [0.4, 0.5) is 0 Å². The first-order valence-corrected chi connectivity index (χ1v) is 9.88. The number of benzene rings is 1. The van der Waals surface area contributed by atoms with E-state index in [1.807, 2.05) is 24.4 Å². The Morgan fingerprint density at radius 2 is 2.07 bits per heavy atom. The van der Waals surface area contributed by atoms with E-state index in [4.69, 9.17) is 9.49 Å². The summed E-state index contributed by atoms with van der Waals surface area (Å²) in [6.07, 6.45) is 6.54. The van der Waals surface area contributed by atoms with Gasteiger partial charge in [0.05, 0.1) is 5.60 Å². The fraction of sp³-hybridized carbons (Fsp3) is 0.381. The summed E-state index contributed by atoms with van der Waals surface area (Å²) in [5.41, 5.74) is 3.79. The molecule has 6 nitrogen and oxygen atoms in total. The van der Waals surface area contributed by atoms with Crippen molar-refractivity contribution in [2.45, 2.75) is 31.8 Å². The van der Waals surface area contributed by atoms with Crippen LogP contribution in [0.15, 0.2) is 42.7 Å². The second-order valence-electron chi connectivity index (χ2n) is 8.66. The van der Waals surface area contributed by atoms with Gasteiger partial charge in [0.15, 0.2) is 0 Å². The summed E-state index contributed by atoms with van der Waals surface area (Å²) in [7, 11) is -0.888. The van der Waals surface area contributed by atoms with Crippen LogP contribution >= 0.6 is 0 Å². The molecular formula is C21H22BN3O3. The minimum atomic E-state index is -0.888. The summed E-state index contributed by atoms with van der Waals surface area (Å²) >= 11 is 0. The quantitative estimate of drug-likeness (QED) is 0.673. The molecule has 28 heavy (non-hydrogen) atoms. The van der Waals surface area contributed by atoms with Gasteiger partial charge >= 0.3 is 7.12 Å². The van der Waals surface area contributed by atoms with Gasteiger partial charge in [-0.25, -0.2) is 4.98 Å². The molecule has 1 saturated carbocycles. The Morgan fingerprint density at radius 1 is 1.25 bits per heavy atom. The molecule has 2 spiro atoms. The first-order chi connectivity index (χ1) is 13.6. The number of hydrogen-bond acceptors (Lipinski definition) is 5. The van der Waals surface area contributed by atoms with Gasteiger partial charge in [0.2, 0.25) is 0 Å². The summed E-state index contributed by atoms with van der Waals surface area (Å²) < 4.78 is 6.13. The second kappa shape index (κ2) is 5.60. The lowest BCUT2D eigenvalue weighted by Gasteiger charge is -2.53. The van der Waals surface area contributed by atoms with E-state index in [1.54, 1.807) is 6.20 Å². The van der Waals surface area contributed by atoms with Gasteiger partial charge in [-0.3, -0.25) is 0 Å². The lowest BCUT2D eigenvalue weighted by molar-refractivity contribution is -0.128. The molecule has 0 amide bonds. The van der Waals surface area contributed by atoms with Crippen molar-refractivity contribution in [3.05, 3.63) is 53.9 Å². The third kappa shape index (κ3) is 2.30. The van der Waals surface area contributed by atoms with E-state index in [1.165, 1.54) is 5.56 Å². The Labute approximate surface area is 163 Å². The van der Waals surface area contributed by atoms with Gasteiger partial charge < -0.3 is 19.5 Å². The zero-order chi connectivity index (χ0) is 18.9. The maximum Gasteiger partial charge on any atom is 0.493 e. The van der Waals surface area contributed by atoms with E-state index in [9.17, 15) is 5.02 Å². The Balaban J connectivity index is 1.24. The number of nitrogens with zero attached hydrogens (tertiary/aromatic N) is 2. The molecule has 3 aromatic rings. The molecular weight excluding hydrogens is 353 g/mol. The zero-order valence-electron chi connectivity index (χ0n) is 15.8. The van der Waals surface area contributed by atoms with Crippen LogP contribution in [-0.4, -0.2) is 40.3 Å². The number of hydroxylamine groups is 2. The number of fused-ring (bicyclic) bond motifs is 4. The van der Waals surface area contributed by atoms with Crippen molar-refractivity contribution in [3.63, 3.8) is 0 Å². The molecule has 0 unspecified atom stereocenters. The van der Waals surface area contributed by atoms with Crippen molar-refractivity contribution in [2.75, 3.05) is 13.1 Å². The summed E-state index contributed by atoms with van der Waals surface area (Å²) in [6.45, 7) is 3.88. The van der Waals surface area contributed by atoms with Gasteiger partial charge in [0, 0.05) is 36.3 Å². The molecule has 2 fully saturated rings. The first kappa shape index (κ1) is 16.6. The van der Waals surface area contributed by atoms with Gasteiger partial charge in [-0.15, -0.1) is 5.06 Å². The topological polar surface area (TPSA) is 70.6 Å². The lowest BCUT2D eigenvalue weighted by Crippen LogP contribution is -2.52. The van der Waals surface area contributed by atoms with Crippen molar-refractivity contribution in [1.29, 1.82) is 0 Å². The van der Waals surface area contributed by atoms with E-state index in [-0.39, 0.29) is 5.41 Å². The molecule has 6 rings (SSSR count). The summed E-state index contributed by atoms with van der Waals surface area (Å²) in [5.74, 6) is 0.884. The highest BCUT2D eigenvalue weighted by Crippen LogP contribution is 2.62. The molecule has 2 N–H and O–H groups in total. The van der Waals surface area contributed by atoms with Crippen molar-refractivity contribution >= 4 is 23.6 Å². The summed E-state index contributed by atoms with van der Waals surface area (Å²) in [5, 5.41) is 13.6. The van der Waals surface area contributed by atoms with Gasteiger partial charge in [0.1, 0.15) is 11.4 Å². The number of nitrogens with one attached hydrogen (secondary N) is 1. The number of H-pyrrole nitrogens is 1. The Kier molecular flexibility index (Phi) is 3.32. The summed E-state index contributed by atoms with van der Waals surface area (Å²) in [4.78, 5) is 13.7. The smallest absolute Gasteiger partial charge is 0.423 e. The van der Waals surface area contributed by atoms with Crippen LogP contribution in [0, 0.1) is 12.3 Å². The van der Waals surface area contributed by atoms with Gasteiger partial charge in [0.25, 0.3) is 0 Å². The third-order valence-corrected chi connectivity index (χ3v) is 6.65. The van der Waals surface area contributed by atoms with E-state index >= 15 is 0 Å². The van der Waals surface area contributed by atoms with E-state index in [0.717, 1.165) is 60.2 Å². The monoisotopic (exact) mass is 375 g/mol. The molecule has 3 aliphatic rings. The average Bonchev–Trinajstić information content (AvgIpc) is 3.34. The largest absolute Gasteiger partial charge is 0.493 e. The predicted molar refractivity (Wildman–Crippen MR) is 106 cm³/mol. The van der Waals surface area contributed by atoms with Crippen LogP contribution in [0.25, 0.3) is 11.0 Å². The molecule has 1 aliphatic carbocycles. The van der Waals surface area contributed by atoms with E-state index < -0.39 is 12.7 Å². The minimum absolute atomic E-state index is 0.178. The molecule has 2 aromatic heterocycles. The number of pyridine rings is 1. The van der Waals surface area contributed by atoms with Gasteiger partial charge in [-0.2, -0.15) is 0 Å². The maximum atomic E-state index is 10.5. The molecule has 7 heteroatoms. The molecule has 2 aliphatic heterocycles. The number of rotatable bonds is 2. The fourth-order valence-electron chi connectivity index (χ4n) is 5.48. The predicted octanol–water partition coefficient (Wildman–Crippen LogP) is 2.26. The summed E-state index contributed by atoms with van der Waals surface area (Å²) in [6, 6.07) is 10.2. The second-order valence-corrected chi connectivity index (χ2v) is 8.66. The van der Waals surface area contributed by atoms with Crippen LogP contribution in [-0.2, 0) is 10.3 Å². The van der Waals surface area contributed by atoms with E-state index in [2.05, 4.69) is 34.1 Å². The maximum absolute atomic E-state index is 10.5. The van der Waals surface area contributed by atoms with Crippen molar-refractivity contribution in [1.82, 2.24) is 15.0 Å². The lowest BCUT2D eigenvalue weighted by atomic mass is 9.56. The van der Waals surface area contributed by atoms with Crippen LogP contribution < -0.4 is 10.3 Å². The number of aryl methyl sites for hydroxylation is 1. The van der Waals surface area contributed by atoms with Crippen LogP contribution in [0.2, 0.25) is 0 Å². The number of aromatic nitrogens is 2. The van der Waals surface area contributed by atoms with Crippen molar-refractivity contribution in [3.8, 4) is 5.75 Å². The normalized spacial score (nSPS) is 29.0. The molecule has 1 saturated heterocycles. The number of aromatic amines is 1. The minimum Gasteiger partial charge on any atom is -0.423 e. The Hall–Kier alpha value is -2.35. The standard InChI is InChI=1S/C21H22BN3O3/c1-14-2-4-15(5-3-14)27-25-9-7-20(13-25)11-21(12-20)18-16-6-8-23-19(16)24-10-17(18)22(26)28-21/h2-6,8,10,26H,7,9,11-13H2,1H3,(H,23,24). The highest BCUT2D eigenvalue weighted by molar-refractivity contribution is 6.62. The van der Waals surface area contributed by atoms with Crippen LogP contribution in [0.1, 0.15) is 30.4 Å². The first-order valence-electron chi connectivity index (χ1n) is 9.88. The van der Waals surface area contributed by atoms with Crippen molar-refractivity contribution in [2.24, 2.45) is 5.41 Å². The number of hydrogen-bond donors (Lipinski definition) is 2. The van der Waals surface area contributed by atoms with E-state index in [0.29, 0.717) is 0 Å². The zero-order valence-corrected chi connectivity index (χ0v) is 15.8. The Bertz CT molecular complexity index is 1060. The molecule has 0 atom stereocenters. The molecule has 0 radical (unpaired) electrons. The fourth-order valence-corrected chi connectivity index (χ4v) is 5.48. The van der Waals surface area contributed by atoms with Crippen molar-refractivity contribution < 1.29 is 14.5 Å². The van der Waals surface area contributed by atoms with Crippen LogP contribution in [0.5, 0.6) is 5.75 Å². The van der Waals surface area contributed by atoms with Gasteiger partial charge in [-0.05, 0) is 55.4 Å². The highest BCUT2D eigenvalue weighted by atomic mass is 16.7. The average molecular weight is 375 g/mol. The third-order valence-electron chi connectivity index (χ3n) is 6.65. The molecule has 1 aromatic carbocycles. The molecule has 4 heterocycles.